The van der Waals surface area contributed by atoms with Crippen LogP contribution >= 0.6 is 22.7 Å². The van der Waals surface area contributed by atoms with E-state index in [1.165, 1.54) is 17.4 Å². The zero-order chi connectivity index (χ0) is 16.9. The Kier molecular flexibility index (Phi) is 5.19. The van der Waals surface area contributed by atoms with Crippen molar-refractivity contribution in [2.24, 2.45) is 4.99 Å². The molecule has 6 nitrogen and oxygen atoms in total. The lowest BCUT2D eigenvalue weighted by atomic mass is 10.3. The lowest BCUT2D eigenvalue weighted by Crippen LogP contribution is -2.18. The lowest BCUT2D eigenvalue weighted by Gasteiger charge is -2.07. The summed E-state index contributed by atoms with van der Waals surface area (Å²) in [6.07, 6.45) is 0. The van der Waals surface area contributed by atoms with E-state index in [1.807, 2.05) is 27.5 Å². The lowest BCUT2D eigenvalue weighted by molar-refractivity contribution is -0.384. The van der Waals surface area contributed by atoms with E-state index < -0.39 is 4.92 Å². The van der Waals surface area contributed by atoms with Crippen LogP contribution in [-0.4, -0.2) is 23.2 Å². The molecule has 0 N–H and O–H groups in total. The van der Waals surface area contributed by atoms with E-state index in [1.54, 1.807) is 36.6 Å². The Morgan fingerprint density at radius 1 is 1.25 bits per heavy atom. The van der Waals surface area contributed by atoms with Gasteiger partial charge in [-0.25, -0.2) is 4.99 Å². The Balaban J connectivity index is 2.13. The Bertz CT molecular complexity index is 897. The van der Waals surface area contributed by atoms with Crippen LogP contribution in [0.25, 0.3) is 10.6 Å². The topological polar surface area (TPSA) is 69.7 Å². The van der Waals surface area contributed by atoms with Gasteiger partial charge in [-0.05, 0) is 17.5 Å². The van der Waals surface area contributed by atoms with Crippen molar-refractivity contribution in [3.8, 4) is 10.6 Å². The highest BCUT2D eigenvalue weighted by atomic mass is 32.1. The molecule has 24 heavy (non-hydrogen) atoms. The van der Waals surface area contributed by atoms with Crippen LogP contribution in [0.5, 0.6) is 0 Å². The second-order valence-electron chi connectivity index (χ2n) is 4.88. The number of hydrogen-bond acceptors (Lipinski definition) is 6. The van der Waals surface area contributed by atoms with E-state index in [4.69, 9.17) is 4.74 Å². The summed E-state index contributed by atoms with van der Waals surface area (Å²) in [5.41, 5.74) is 1.40. The Morgan fingerprint density at radius 3 is 2.79 bits per heavy atom. The third-order valence-electron chi connectivity index (χ3n) is 3.38. The number of nitro benzene ring substituents is 1. The maximum absolute atomic E-state index is 11.2. The first-order valence-corrected chi connectivity index (χ1v) is 8.96. The molecule has 2 heterocycles. The van der Waals surface area contributed by atoms with Crippen molar-refractivity contribution in [1.82, 2.24) is 4.57 Å². The minimum absolute atomic E-state index is 0.00173. The maximum atomic E-state index is 11.2. The largest absolute Gasteiger partial charge is 0.383 e. The van der Waals surface area contributed by atoms with Crippen molar-refractivity contribution in [3.63, 3.8) is 0 Å². The number of hydrogen-bond donors (Lipinski definition) is 0. The van der Waals surface area contributed by atoms with Gasteiger partial charge in [0.1, 0.15) is 5.69 Å². The van der Waals surface area contributed by atoms with Crippen LogP contribution in [0.2, 0.25) is 0 Å². The van der Waals surface area contributed by atoms with Gasteiger partial charge < -0.3 is 9.30 Å². The highest BCUT2D eigenvalue weighted by Crippen LogP contribution is 2.28. The van der Waals surface area contributed by atoms with Crippen molar-refractivity contribution in [3.05, 3.63) is 62.1 Å². The predicted molar refractivity (Wildman–Crippen MR) is 95.8 cm³/mol. The second kappa shape index (κ2) is 7.52. The molecule has 0 saturated carbocycles. The van der Waals surface area contributed by atoms with Crippen molar-refractivity contribution in [1.29, 1.82) is 0 Å². The van der Waals surface area contributed by atoms with Crippen molar-refractivity contribution in [2.75, 3.05) is 13.7 Å². The standard InChI is InChI=1S/C16H15N3O3S2/c1-22-9-8-18-14(15-7-4-10-23-15)11-24-16(18)17-12-5-2-3-6-13(12)19(20)21/h2-7,10-11H,8-9H2,1H3. The molecule has 0 radical (unpaired) electrons. The molecule has 0 bridgehead atoms. The van der Waals surface area contributed by atoms with Gasteiger partial charge in [-0.2, -0.15) is 0 Å². The van der Waals surface area contributed by atoms with Crippen LogP contribution in [0.15, 0.2) is 52.2 Å². The minimum atomic E-state index is -0.411. The van der Waals surface area contributed by atoms with Crippen molar-refractivity contribution in [2.45, 2.75) is 6.54 Å². The van der Waals surface area contributed by atoms with Gasteiger partial charge in [0.15, 0.2) is 4.80 Å². The molecule has 3 rings (SSSR count). The summed E-state index contributed by atoms with van der Waals surface area (Å²) in [7, 11) is 1.65. The molecule has 0 aliphatic heterocycles. The first-order valence-electron chi connectivity index (χ1n) is 7.20. The summed E-state index contributed by atoms with van der Waals surface area (Å²) in [6, 6.07) is 10.6. The van der Waals surface area contributed by atoms with E-state index in [-0.39, 0.29) is 5.69 Å². The third-order valence-corrected chi connectivity index (χ3v) is 5.14. The highest BCUT2D eigenvalue weighted by molar-refractivity contribution is 7.14. The summed E-state index contributed by atoms with van der Waals surface area (Å²) in [6.45, 7) is 1.17. The number of thiazole rings is 1. The number of ether oxygens (including phenoxy) is 1. The number of aromatic nitrogens is 1. The molecule has 3 aromatic rings. The number of para-hydroxylation sites is 2. The summed E-state index contributed by atoms with van der Waals surface area (Å²) < 4.78 is 7.23. The Hall–Kier alpha value is -2.29. The van der Waals surface area contributed by atoms with Crippen LogP contribution in [-0.2, 0) is 11.3 Å². The summed E-state index contributed by atoms with van der Waals surface area (Å²) >= 11 is 3.11. The molecule has 0 amide bonds. The highest BCUT2D eigenvalue weighted by Gasteiger charge is 2.13. The zero-order valence-corrected chi connectivity index (χ0v) is 14.5. The van der Waals surface area contributed by atoms with Gasteiger partial charge in [-0.15, -0.1) is 22.7 Å². The number of benzene rings is 1. The number of thiophene rings is 1. The first kappa shape index (κ1) is 16.6. The Morgan fingerprint density at radius 2 is 2.08 bits per heavy atom. The first-order chi connectivity index (χ1) is 11.7. The number of rotatable bonds is 6. The minimum Gasteiger partial charge on any atom is -0.383 e. The normalized spacial score (nSPS) is 11.8. The zero-order valence-electron chi connectivity index (χ0n) is 12.9. The van der Waals surface area contributed by atoms with Crippen molar-refractivity contribution < 1.29 is 9.66 Å². The smallest absolute Gasteiger partial charge is 0.294 e. The predicted octanol–water partition coefficient (Wildman–Crippen LogP) is 4.07. The van der Waals surface area contributed by atoms with Gasteiger partial charge in [-0.1, -0.05) is 18.2 Å². The van der Waals surface area contributed by atoms with Crippen LogP contribution in [0.4, 0.5) is 11.4 Å². The van der Waals surface area contributed by atoms with Gasteiger partial charge in [0.25, 0.3) is 5.69 Å². The van der Waals surface area contributed by atoms with Gasteiger partial charge >= 0.3 is 0 Å². The molecular weight excluding hydrogens is 346 g/mol. The Labute approximate surface area is 146 Å². The van der Waals surface area contributed by atoms with Crippen LogP contribution in [0, 0.1) is 10.1 Å². The molecule has 0 spiro atoms. The van der Waals surface area contributed by atoms with Crippen LogP contribution in [0.3, 0.4) is 0 Å². The van der Waals surface area contributed by atoms with E-state index in [0.29, 0.717) is 23.6 Å². The number of nitro groups is 1. The summed E-state index contributed by atoms with van der Waals surface area (Å²) in [5, 5.41) is 15.2. The quantitative estimate of drug-likeness (QED) is 0.491. The van der Waals surface area contributed by atoms with E-state index in [2.05, 4.69) is 4.99 Å². The van der Waals surface area contributed by atoms with Crippen molar-refractivity contribution >= 4 is 34.0 Å². The molecule has 124 valence electrons. The maximum Gasteiger partial charge on any atom is 0.294 e. The molecule has 1 aromatic carbocycles. The fourth-order valence-corrected chi connectivity index (χ4v) is 4.02. The molecular formula is C16H15N3O3S2. The average molecular weight is 361 g/mol. The molecule has 0 fully saturated rings. The SMILES string of the molecule is COCCn1c(-c2cccs2)csc1=Nc1ccccc1[N+](=O)[O-]. The van der Waals surface area contributed by atoms with Gasteiger partial charge in [-0.3, -0.25) is 10.1 Å². The molecule has 0 unspecified atom stereocenters. The third kappa shape index (κ3) is 3.45. The molecule has 0 aliphatic carbocycles. The second-order valence-corrected chi connectivity index (χ2v) is 6.67. The molecule has 2 aromatic heterocycles. The monoisotopic (exact) mass is 361 g/mol. The van der Waals surface area contributed by atoms with Gasteiger partial charge in [0.05, 0.1) is 22.1 Å². The average Bonchev–Trinajstić information content (AvgIpc) is 3.23. The molecule has 0 aliphatic rings. The van der Waals surface area contributed by atoms with Gasteiger partial charge in [0, 0.05) is 25.1 Å². The molecule has 0 saturated heterocycles. The number of nitrogens with zero attached hydrogens (tertiary/aromatic N) is 3. The van der Waals surface area contributed by atoms with Crippen LogP contribution in [0.1, 0.15) is 0 Å². The van der Waals surface area contributed by atoms with E-state index in [0.717, 1.165) is 10.6 Å². The number of methoxy groups -OCH3 is 1. The fourth-order valence-electron chi connectivity index (χ4n) is 2.26. The fraction of sp³-hybridized carbons (Fsp3) is 0.188. The molecule has 8 heteroatoms. The molecule has 0 atom stereocenters. The summed E-state index contributed by atoms with van der Waals surface area (Å²) in [5.74, 6) is 0. The van der Waals surface area contributed by atoms with Gasteiger partial charge in [0.2, 0.25) is 0 Å². The summed E-state index contributed by atoms with van der Waals surface area (Å²) in [4.78, 5) is 17.2. The van der Waals surface area contributed by atoms with E-state index in [9.17, 15) is 10.1 Å². The van der Waals surface area contributed by atoms with Crippen LogP contribution < -0.4 is 4.80 Å². The van der Waals surface area contributed by atoms with E-state index >= 15 is 0 Å².